The number of rotatable bonds is 7. The van der Waals surface area contributed by atoms with E-state index in [-0.39, 0.29) is 29.0 Å². The average molecular weight is 476 g/mol. The van der Waals surface area contributed by atoms with Gasteiger partial charge in [0.25, 0.3) is 5.89 Å². The van der Waals surface area contributed by atoms with Gasteiger partial charge in [0.1, 0.15) is 5.60 Å². The highest BCUT2D eigenvalue weighted by atomic mass is 16.6. The number of aromatic nitrogens is 2. The van der Waals surface area contributed by atoms with Gasteiger partial charge in [0.05, 0.1) is 11.0 Å². The molecule has 1 N–H and O–H groups in total. The number of carboxylic acids is 1. The monoisotopic (exact) mass is 475 g/mol. The van der Waals surface area contributed by atoms with E-state index in [1.54, 1.807) is 12.1 Å². The fraction of sp³-hybridized carbons (Fsp3) is 0.407. The van der Waals surface area contributed by atoms with Crippen molar-refractivity contribution in [2.24, 2.45) is 0 Å². The van der Waals surface area contributed by atoms with Crippen LogP contribution >= 0.6 is 0 Å². The summed E-state index contributed by atoms with van der Waals surface area (Å²) in [5.74, 6) is 0.199. The van der Waals surface area contributed by atoms with Gasteiger partial charge in [0.15, 0.2) is 5.82 Å². The van der Waals surface area contributed by atoms with E-state index in [0.29, 0.717) is 23.8 Å². The van der Waals surface area contributed by atoms with Gasteiger partial charge in [-0.25, -0.2) is 9.59 Å². The number of carbonyl (C=O) groups is 2. The Morgan fingerprint density at radius 2 is 1.80 bits per heavy atom. The van der Waals surface area contributed by atoms with E-state index < -0.39 is 11.6 Å². The Balaban J connectivity index is 1.36. The number of amides is 1. The fourth-order valence-electron chi connectivity index (χ4n) is 4.46. The first-order chi connectivity index (χ1) is 16.7. The van der Waals surface area contributed by atoms with Gasteiger partial charge in [0.2, 0.25) is 0 Å². The molecule has 35 heavy (non-hydrogen) atoms. The first-order valence-corrected chi connectivity index (χ1v) is 11.9. The van der Waals surface area contributed by atoms with Crippen LogP contribution in [0.2, 0.25) is 0 Å². The molecule has 8 heteroatoms. The third kappa shape index (κ3) is 4.92. The zero-order valence-electron chi connectivity index (χ0n) is 20.1. The smallest absolute Gasteiger partial charge is 0.410 e. The van der Waals surface area contributed by atoms with Crippen LogP contribution in [0.15, 0.2) is 59.1 Å². The molecule has 1 amide bonds. The first kappa shape index (κ1) is 23.1. The van der Waals surface area contributed by atoms with Crippen LogP contribution in [-0.2, 0) is 10.2 Å². The summed E-state index contributed by atoms with van der Waals surface area (Å²) in [5, 5.41) is 13.4. The number of benzene rings is 2. The number of nitrogens with zero attached hydrogens (tertiary/aromatic N) is 3. The molecule has 2 atom stereocenters. The molecule has 2 saturated carbocycles. The number of hydrogen-bond acceptors (Lipinski definition) is 6. The molecule has 2 aromatic carbocycles. The maximum absolute atomic E-state index is 13.3. The summed E-state index contributed by atoms with van der Waals surface area (Å²) in [7, 11) is 0. The normalized spacial score (nSPS) is 20.2. The lowest BCUT2D eigenvalue weighted by Crippen LogP contribution is -2.43. The molecular formula is C27H29N3O5. The second-order valence-corrected chi connectivity index (χ2v) is 10.5. The van der Waals surface area contributed by atoms with Crippen LogP contribution < -0.4 is 0 Å². The van der Waals surface area contributed by atoms with Gasteiger partial charge < -0.3 is 19.3 Å². The molecule has 0 aliphatic heterocycles. The third-order valence-electron chi connectivity index (χ3n) is 6.62. The van der Waals surface area contributed by atoms with E-state index in [4.69, 9.17) is 14.4 Å². The minimum absolute atomic E-state index is 0.0691. The largest absolute Gasteiger partial charge is 0.478 e. The molecule has 0 saturated heterocycles. The van der Waals surface area contributed by atoms with Gasteiger partial charge in [0, 0.05) is 24.1 Å². The highest BCUT2D eigenvalue weighted by Crippen LogP contribution is 2.52. The Labute approximate surface area is 203 Å². The molecule has 1 aromatic heterocycles. The minimum atomic E-state index is -0.990. The van der Waals surface area contributed by atoms with Gasteiger partial charge in [-0.2, -0.15) is 4.98 Å². The Kier molecular flexibility index (Phi) is 5.62. The van der Waals surface area contributed by atoms with Gasteiger partial charge in [-0.3, -0.25) is 0 Å². The molecule has 5 rings (SSSR count). The second kappa shape index (κ2) is 8.52. The summed E-state index contributed by atoms with van der Waals surface area (Å²) in [4.78, 5) is 30.9. The topological polar surface area (TPSA) is 106 Å². The van der Waals surface area contributed by atoms with E-state index >= 15 is 0 Å². The van der Waals surface area contributed by atoms with E-state index in [1.807, 2.05) is 43.9 Å². The second-order valence-electron chi connectivity index (χ2n) is 10.5. The minimum Gasteiger partial charge on any atom is -0.478 e. The maximum atomic E-state index is 13.3. The van der Waals surface area contributed by atoms with Crippen LogP contribution in [0.1, 0.15) is 67.7 Å². The summed E-state index contributed by atoms with van der Waals surface area (Å²) in [6.45, 7) is 6.09. The fourth-order valence-corrected chi connectivity index (χ4v) is 4.46. The summed E-state index contributed by atoms with van der Waals surface area (Å²) in [6, 6.07) is 16.6. The molecule has 0 spiro atoms. The average Bonchev–Trinajstić information content (AvgIpc) is 3.73. The Morgan fingerprint density at radius 3 is 2.40 bits per heavy atom. The quantitative estimate of drug-likeness (QED) is 0.497. The Bertz CT molecular complexity index is 1230. The van der Waals surface area contributed by atoms with Crippen LogP contribution in [0.4, 0.5) is 4.79 Å². The molecular weight excluding hydrogens is 446 g/mol. The zero-order chi connectivity index (χ0) is 24.8. The summed E-state index contributed by atoms with van der Waals surface area (Å²) < 4.78 is 11.3. The standard InChI is InChI=1S/C27H29N3O5/c1-26(2,3)34-25(33)30(21-15-20(21)17-7-5-4-6-8-17)16-27(13-14-27)24-28-22(35-29-24)18-9-11-19(12-10-18)23(31)32/h4-12,20-21H,13-16H2,1-3H3,(H,31,32)/t20-,21?/m1/s1. The summed E-state index contributed by atoms with van der Waals surface area (Å²) in [5.41, 5.74) is 1.11. The molecule has 1 unspecified atom stereocenters. The summed E-state index contributed by atoms with van der Waals surface area (Å²) in [6.07, 6.45) is 2.28. The lowest BCUT2D eigenvalue weighted by Gasteiger charge is -2.30. The molecule has 2 aliphatic rings. The molecule has 0 radical (unpaired) electrons. The third-order valence-corrected chi connectivity index (χ3v) is 6.62. The lowest BCUT2D eigenvalue weighted by molar-refractivity contribution is 0.0208. The van der Waals surface area contributed by atoms with Crippen molar-refractivity contribution in [3.8, 4) is 11.5 Å². The van der Waals surface area contributed by atoms with E-state index in [9.17, 15) is 9.59 Å². The van der Waals surface area contributed by atoms with Gasteiger partial charge in [-0.15, -0.1) is 0 Å². The lowest BCUT2D eigenvalue weighted by atomic mass is 10.1. The van der Waals surface area contributed by atoms with E-state index in [2.05, 4.69) is 22.3 Å². The number of aromatic carboxylic acids is 1. The van der Waals surface area contributed by atoms with Crippen LogP contribution in [0, 0.1) is 0 Å². The number of ether oxygens (including phenoxy) is 1. The highest BCUT2D eigenvalue weighted by molar-refractivity contribution is 5.88. The predicted octanol–water partition coefficient (Wildman–Crippen LogP) is 5.26. The van der Waals surface area contributed by atoms with Gasteiger partial charge in [-0.1, -0.05) is 35.5 Å². The zero-order valence-corrected chi connectivity index (χ0v) is 20.1. The molecule has 1 heterocycles. The maximum Gasteiger partial charge on any atom is 0.410 e. The first-order valence-electron chi connectivity index (χ1n) is 11.9. The number of carboxylic acid groups (broad SMARTS) is 1. The van der Waals surface area contributed by atoms with Crippen LogP contribution in [-0.4, -0.2) is 50.4 Å². The van der Waals surface area contributed by atoms with Crippen molar-refractivity contribution in [3.63, 3.8) is 0 Å². The van der Waals surface area contributed by atoms with Crippen molar-refractivity contribution in [2.75, 3.05) is 6.54 Å². The molecule has 0 bridgehead atoms. The van der Waals surface area contributed by atoms with Crippen molar-refractivity contribution in [2.45, 2.75) is 63.0 Å². The Morgan fingerprint density at radius 1 is 1.11 bits per heavy atom. The van der Waals surface area contributed by atoms with Gasteiger partial charge in [-0.05, 0) is 69.9 Å². The molecule has 182 valence electrons. The molecule has 2 fully saturated rings. The van der Waals surface area contributed by atoms with Crippen LogP contribution in [0.3, 0.4) is 0 Å². The molecule has 3 aromatic rings. The Hall–Kier alpha value is -3.68. The van der Waals surface area contributed by atoms with Crippen molar-refractivity contribution < 1.29 is 24.0 Å². The van der Waals surface area contributed by atoms with Crippen molar-refractivity contribution >= 4 is 12.1 Å². The number of carbonyl (C=O) groups excluding carboxylic acids is 1. The molecule has 8 nitrogen and oxygen atoms in total. The number of hydrogen-bond donors (Lipinski definition) is 1. The van der Waals surface area contributed by atoms with Crippen molar-refractivity contribution in [1.29, 1.82) is 0 Å². The van der Waals surface area contributed by atoms with E-state index in [0.717, 1.165) is 19.3 Å². The summed E-state index contributed by atoms with van der Waals surface area (Å²) >= 11 is 0. The SMILES string of the molecule is CC(C)(C)OC(=O)N(CC1(c2noc(-c3ccc(C(=O)O)cc3)n2)CC1)C1C[C@@H]1c1ccccc1. The van der Waals surface area contributed by atoms with E-state index in [1.165, 1.54) is 17.7 Å². The predicted molar refractivity (Wildman–Crippen MR) is 128 cm³/mol. The van der Waals surface area contributed by atoms with Crippen LogP contribution in [0.25, 0.3) is 11.5 Å². The highest BCUT2D eigenvalue weighted by Gasteiger charge is 2.55. The van der Waals surface area contributed by atoms with Crippen LogP contribution in [0.5, 0.6) is 0 Å². The van der Waals surface area contributed by atoms with Crippen molar-refractivity contribution in [3.05, 3.63) is 71.5 Å². The van der Waals surface area contributed by atoms with Crippen molar-refractivity contribution in [1.82, 2.24) is 15.0 Å². The molecule has 2 aliphatic carbocycles. The van der Waals surface area contributed by atoms with Gasteiger partial charge >= 0.3 is 12.1 Å².